The van der Waals surface area contributed by atoms with Gasteiger partial charge in [0.15, 0.2) is 0 Å². The first-order valence-electron chi connectivity index (χ1n) is 8.86. The van der Waals surface area contributed by atoms with Gasteiger partial charge in [0.25, 0.3) is 0 Å². The molecule has 6 nitrogen and oxygen atoms in total. The minimum absolute atomic E-state index is 0.173. The normalized spacial score (nSPS) is 16.3. The molecule has 0 spiro atoms. The Hall–Kier alpha value is -3.15. The van der Waals surface area contributed by atoms with Crippen LogP contribution in [-0.2, 0) is 4.79 Å². The molecule has 2 N–H and O–H groups in total. The van der Waals surface area contributed by atoms with Crippen molar-refractivity contribution in [3.8, 4) is 17.2 Å². The fourth-order valence-electron chi connectivity index (χ4n) is 2.97. The molecule has 0 aliphatic carbocycles. The van der Waals surface area contributed by atoms with Crippen molar-refractivity contribution in [2.75, 3.05) is 20.2 Å². The number of amides is 1. The Morgan fingerprint density at radius 1 is 1.11 bits per heavy atom. The van der Waals surface area contributed by atoms with Crippen LogP contribution in [0.1, 0.15) is 18.4 Å². The van der Waals surface area contributed by atoms with Crippen molar-refractivity contribution in [2.24, 2.45) is 5.92 Å². The number of carbonyl (C=O) groups is 1. The highest BCUT2D eigenvalue weighted by molar-refractivity contribution is 6.04. The average Bonchev–Trinajstić information content (AvgIpc) is 3.00. The van der Waals surface area contributed by atoms with Gasteiger partial charge in [-0.2, -0.15) is 0 Å². The number of nitrogens with one attached hydrogen (secondary N) is 2. The van der Waals surface area contributed by atoms with Gasteiger partial charge < -0.3 is 25.2 Å². The quantitative estimate of drug-likeness (QED) is 0.699. The number of likely N-dealkylation sites (tertiary alicyclic amines) is 1. The fraction of sp³-hybridized carbons (Fsp3) is 0.286. The second kappa shape index (κ2) is 8.49. The van der Waals surface area contributed by atoms with E-state index in [1.807, 2.05) is 55.6 Å². The summed E-state index contributed by atoms with van der Waals surface area (Å²) in [6, 6.07) is 14.6. The zero-order chi connectivity index (χ0) is 19.2. The van der Waals surface area contributed by atoms with Gasteiger partial charge in [0, 0.05) is 44.3 Å². The summed E-state index contributed by atoms with van der Waals surface area (Å²) < 4.78 is 11.6. The molecule has 2 aromatic carbocycles. The molecule has 1 atom stereocenters. The molecule has 6 heteroatoms. The number of rotatable bonds is 8. The summed E-state index contributed by atoms with van der Waals surface area (Å²) in [5.74, 6) is 2.54. The van der Waals surface area contributed by atoms with Crippen molar-refractivity contribution >= 4 is 17.8 Å². The van der Waals surface area contributed by atoms with E-state index in [4.69, 9.17) is 20.3 Å². The predicted molar refractivity (Wildman–Crippen MR) is 104 cm³/mol. The van der Waals surface area contributed by atoms with E-state index >= 15 is 0 Å². The van der Waals surface area contributed by atoms with Crippen LogP contribution in [0.5, 0.6) is 17.2 Å². The minimum atomic E-state index is 0.173. The number of benzene rings is 2. The van der Waals surface area contributed by atoms with Crippen molar-refractivity contribution < 1.29 is 14.3 Å². The lowest BCUT2D eigenvalue weighted by atomic mass is 10.1. The molecule has 2 aromatic rings. The van der Waals surface area contributed by atoms with Gasteiger partial charge in [-0.3, -0.25) is 4.79 Å². The lowest BCUT2D eigenvalue weighted by Crippen LogP contribution is -2.20. The number of carbonyl (C=O) groups excluding carboxylic acids is 1. The van der Waals surface area contributed by atoms with Crippen LogP contribution in [0.25, 0.3) is 0 Å². The van der Waals surface area contributed by atoms with E-state index < -0.39 is 0 Å². The zero-order valence-corrected chi connectivity index (χ0v) is 15.3. The Bertz CT molecular complexity index is 816. The van der Waals surface area contributed by atoms with Crippen LogP contribution >= 0.6 is 0 Å². The van der Waals surface area contributed by atoms with E-state index in [1.165, 1.54) is 6.21 Å². The Balaban J connectivity index is 1.52. The topological polar surface area (TPSA) is 86.5 Å². The third kappa shape index (κ3) is 4.94. The van der Waals surface area contributed by atoms with Crippen LogP contribution in [0.3, 0.4) is 0 Å². The van der Waals surface area contributed by atoms with Crippen molar-refractivity contribution in [1.29, 1.82) is 10.8 Å². The highest BCUT2D eigenvalue weighted by Gasteiger charge is 2.27. The maximum absolute atomic E-state index is 11.5. The fourth-order valence-corrected chi connectivity index (χ4v) is 2.97. The van der Waals surface area contributed by atoms with Crippen LogP contribution in [-0.4, -0.2) is 42.9 Å². The Labute approximate surface area is 158 Å². The molecule has 3 rings (SSSR count). The highest BCUT2D eigenvalue weighted by atomic mass is 16.5. The number of nitrogens with zero attached hydrogens (tertiary/aromatic N) is 1. The van der Waals surface area contributed by atoms with Crippen LogP contribution in [0.15, 0.2) is 48.5 Å². The largest absolute Gasteiger partial charge is 0.493 e. The highest BCUT2D eigenvalue weighted by Crippen LogP contribution is 2.25. The van der Waals surface area contributed by atoms with Gasteiger partial charge >= 0.3 is 0 Å². The van der Waals surface area contributed by atoms with E-state index in [2.05, 4.69) is 0 Å². The van der Waals surface area contributed by atoms with Crippen LogP contribution in [0.2, 0.25) is 0 Å². The molecule has 1 amide bonds. The number of hydrogen-bond acceptors (Lipinski definition) is 5. The standard InChI is InChI=1S/C21H23N3O3/c1-24-13-15(12-21(24)25)14-26-17-6-8-19(9-7-17)27-18-4-2-16(3-5-18)20(23)10-11-22/h2-9,11,15,22-23H,10,12-14H2,1H3. The molecular formula is C21H23N3O3. The zero-order valence-electron chi connectivity index (χ0n) is 15.3. The number of ether oxygens (including phenoxy) is 2. The summed E-state index contributed by atoms with van der Waals surface area (Å²) in [5, 5.41) is 14.9. The molecule has 27 heavy (non-hydrogen) atoms. The molecule has 0 radical (unpaired) electrons. The van der Waals surface area contributed by atoms with Crippen molar-refractivity contribution in [3.05, 3.63) is 54.1 Å². The summed E-state index contributed by atoms with van der Waals surface area (Å²) >= 11 is 0. The van der Waals surface area contributed by atoms with E-state index in [1.54, 1.807) is 4.90 Å². The molecule has 0 bridgehead atoms. The Morgan fingerprint density at radius 2 is 1.70 bits per heavy atom. The third-order valence-corrected chi connectivity index (χ3v) is 4.48. The summed E-state index contributed by atoms with van der Waals surface area (Å²) in [5.41, 5.74) is 1.19. The molecule has 1 fully saturated rings. The molecule has 1 heterocycles. The molecule has 1 aliphatic rings. The maximum Gasteiger partial charge on any atom is 0.222 e. The molecule has 0 saturated carbocycles. The SMILES string of the molecule is CN1CC(COc2ccc(Oc3ccc(C(=N)CC=N)cc3)cc2)CC1=O. The Kier molecular flexibility index (Phi) is 5.86. The van der Waals surface area contributed by atoms with Gasteiger partial charge in [0.2, 0.25) is 5.91 Å². The van der Waals surface area contributed by atoms with Gasteiger partial charge in [-0.25, -0.2) is 0 Å². The first-order chi connectivity index (χ1) is 13.0. The van der Waals surface area contributed by atoms with Crippen molar-refractivity contribution in [2.45, 2.75) is 12.8 Å². The monoisotopic (exact) mass is 365 g/mol. The van der Waals surface area contributed by atoms with Crippen LogP contribution < -0.4 is 9.47 Å². The van der Waals surface area contributed by atoms with Gasteiger partial charge in [0.1, 0.15) is 17.2 Å². The van der Waals surface area contributed by atoms with Gasteiger partial charge in [-0.1, -0.05) is 0 Å². The summed E-state index contributed by atoms with van der Waals surface area (Å²) in [6.07, 6.45) is 2.09. The van der Waals surface area contributed by atoms with E-state index in [0.717, 1.165) is 17.9 Å². The van der Waals surface area contributed by atoms with Crippen LogP contribution in [0, 0.1) is 16.7 Å². The van der Waals surface area contributed by atoms with Crippen molar-refractivity contribution in [3.63, 3.8) is 0 Å². The van der Waals surface area contributed by atoms with E-state index in [-0.39, 0.29) is 11.8 Å². The molecule has 0 aromatic heterocycles. The lowest BCUT2D eigenvalue weighted by Gasteiger charge is -2.12. The molecule has 1 unspecified atom stereocenters. The van der Waals surface area contributed by atoms with E-state index in [0.29, 0.717) is 36.7 Å². The average molecular weight is 365 g/mol. The second-order valence-corrected chi connectivity index (χ2v) is 6.64. The smallest absolute Gasteiger partial charge is 0.222 e. The maximum atomic E-state index is 11.5. The lowest BCUT2D eigenvalue weighted by molar-refractivity contribution is -0.126. The Morgan fingerprint density at radius 3 is 2.26 bits per heavy atom. The molecule has 140 valence electrons. The summed E-state index contributed by atoms with van der Waals surface area (Å²) in [6.45, 7) is 1.27. The van der Waals surface area contributed by atoms with Gasteiger partial charge in [0.05, 0.1) is 6.61 Å². The van der Waals surface area contributed by atoms with Crippen LogP contribution in [0.4, 0.5) is 0 Å². The van der Waals surface area contributed by atoms with E-state index in [9.17, 15) is 4.79 Å². The predicted octanol–water partition coefficient (Wildman–Crippen LogP) is 3.74. The third-order valence-electron chi connectivity index (χ3n) is 4.48. The summed E-state index contributed by atoms with van der Waals surface area (Å²) in [4.78, 5) is 13.3. The van der Waals surface area contributed by atoms with Crippen molar-refractivity contribution in [1.82, 2.24) is 4.90 Å². The first kappa shape index (κ1) is 18.6. The molecule has 1 saturated heterocycles. The number of hydrogen-bond donors (Lipinski definition) is 2. The molecular weight excluding hydrogens is 342 g/mol. The van der Waals surface area contributed by atoms with Gasteiger partial charge in [-0.05, 0) is 54.1 Å². The summed E-state index contributed by atoms with van der Waals surface area (Å²) in [7, 11) is 1.82. The molecule has 1 aliphatic heterocycles. The second-order valence-electron chi connectivity index (χ2n) is 6.64. The first-order valence-corrected chi connectivity index (χ1v) is 8.86. The minimum Gasteiger partial charge on any atom is -0.493 e. The van der Waals surface area contributed by atoms with Gasteiger partial charge in [-0.15, -0.1) is 0 Å².